The average Bonchev–Trinajstić information content (AvgIpc) is 2.49. The van der Waals surface area contributed by atoms with Crippen LogP contribution in [0.25, 0.3) is 16.6 Å². The summed E-state index contributed by atoms with van der Waals surface area (Å²) in [4.78, 5) is 7.29. The van der Waals surface area contributed by atoms with Crippen molar-refractivity contribution in [3.63, 3.8) is 0 Å². The molecule has 0 amide bonds. The molecule has 2 rings (SSSR count). The molecule has 1 heterocycles. The smallest absolute Gasteiger partial charge is 0.0957 e. The average molecular weight is 158 g/mol. The van der Waals surface area contributed by atoms with E-state index in [9.17, 15) is 0 Å². The summed E-state index contributed by atoms with van der Waals surface area (Å²) in [6.45, 7) is 5.89. The van der Waals surface area contributed by atoms with Crippen LogP contribution in [0.15, 0.2) is 31.1 Å². The van der Waals surface area contributed by atoms with Crippen molar-refractivity contribution in [3.8, 4) is 0 Å². The largest absolute Gasteiger partial charge is 0.345 e. The highest BCUT2D eigenvalue weighted by Gasteiger charge is 2.01. The zero-order valence-electron chi connectivity index (χ0n) is 6.96. The third-order valence-corrected chi connectivity index (χ3v) is 1.91. The molecule has 0 fully saturated rings. The first-order valence-electron chi connectivity index (χ1n) is 3.87. The van der Waals surface area contributed by atoms with Crippen LogP contribution in [-0.2, 0) is 0 Å². The molecule has 0 spiro atoms. The van der Waals surface area contributed by atoms with Gasteiger partial charge in [-0.3, -0.25) is 0 Å². The molecule has 0 unspecified atom stereocenters. The molecule has 0 atom stereocenters. The third-order valence-electron chi connectivity index (χ3n) is 1.91. The van der Waals surface area contributed by atoms with E-state index in [2.05, 4.69) is 16.5 Å². The minimum Gasteiger partial charge on any atom is -0.345 e. The molecule has 0 saturated heterocycles. The number of imidazole rings is 1. The Morgan fingerprint density at radius 1 is 1.50 bits per heavy atom. The SMILES string of the molecule is C=C(C)c1cccc2[nH]cnc12. The van der Waals surface area contributed by atoms with Gasteiger partial charge in [0.15, 0.2) is 0 Å². The lowest BCUT2D eigenvalue weighted by Gasteiger charge is -1.98. The van der Waals surface area contributed by atoms with Crippen LogP contribution in [0.5, 0.6) is 0 Å². The Hall–Kier alpha value is -1.57. The second-order valence-electron chi connectivity index (χ2n) is 2.88. The molecule has 1 aromatic carbocycles. The number of hydrogen-bond acceptors (Lipinski definition) is 1. The first kappa shape index (κ1) is 7.10. The maximum atomic E-state index is 4.22. The lowest BCUT2D eigenvalue weighted by atomic mass is 10.1. The molecule has 0 aliphatic heterocycles. The van der Waals surface area contributed by atoms with Crippen LogP contribution in [0.4, 0.5) is 0 Å². The molecule has 0 aliphatic rings. The number of aromatic amines is 1. The minimum absolute atomic E-state index is 1.00. The fourth-order valence-corrected chi connectivity index (χ4v) is 1.31. The molecule has 0 radical (unpaired) electrons. The predicted molar refractivity (Wildman–Crippen MR) is 50.8 cm³/mol. The van der Waals surface area contributed by atoms with Gasteiger partial charge in [0, 0.05) is 5.56 Å². The molecule has 2 nitrogen and oxygen atoms in total. The van der Waals surface area contributed by atoms with Gasteiger partial charge < -0.3 is 4.98 Å². The van der Waals surface area contributed by atoms with Crippen LogP contribution >= 0.6 is 0 Å². The highest BCUT2D eigenvalue weighted by atomic mass is 14.9. The van der Waals surface area contributed by atoms with E-state index >= 15 is 0 Å². The summed E-state index contributed by atoms with van der Waals surface area (Å²) in [5.74, 6) is 0. The van der Waals surface area contributed by atoms with Crippen LogP contribution in [0.3, 0.4) is 0 Å². The number of nitrogens with zero attached hydrogens (tertiary/aromatic N) is 1. The predicted octanol–water partition coefficient (Wildman–Crippen LogP) is 2.60. The van der Waals surface area contributed by atoms with Crippen molar-refractivity contribution >= 4 is 16.6 Å². The number of para-hydroxylation sites is 1. The first-order chi connectivity index (χ1) is 5.79. The number of fused-ring (bicyclic) bond motifs is 1. The van der Waals surface area contributed by atoms with E-state index in [-0.39, 0.29) is 0 Å². The van der Waals surface area contributed by atoms with E-state index in [1.165, 1.54) is 0 Å². The monoisotopic (exact) mass is 158 g/mol. The van der Waals surface area contributed by atoms with Crippen molar-refractivity contribution in [1.29, 1.82) is 0 Å². The van der Waals surface area contributed by atoms with Crippen molar-refractivity contribution in [3.05, 3.63) is 36.7 Å². The van der Waals surface area contributed by atoms with E-state index < -0.39 is 0 Å². The first-order valence-corrected chi connectivity index (χ1v) is 3.87. The molecule has 60 valence electrons. The van der Waals surface area contributed by atoms with Gasteiger partial charge in [0.05, 0.1) is 17.4 Å². The summed E-state index contributed by atoms with van der Waals surface area (Å²) in [6, 6.07) is 6.05. The number of hydrogen-bond donors (Lipinski definition) is 1. The van der Waals surface area contributed by atoms with Gasteiger partial charge in [-0.15, -0.1) is 0 Å². The van der Waals surface area contributed by atoms with Gasteiger partial charge in [0.1, 0.15) is 0 Å². The lowest BCUT2D eigenvalue weighted by molar-refractivity contribution is 1.34. The fraction of sp³-hybridized carbons (Fsp3) is 0.100. The number of rotatable bonds is 1. The van der Waals surface area contributed by atoms with E-state index in [4.69, 9.17) is 0 Å². The Morgan fingerprint density at radius 2 is 2.33 bits per heavy atom. The number of nitrogens with one attached hydrogen (secondary N) is 1. The Bertz CT molecular complexity index is 426. The molecule has 1 N–H and O–H groups in total. The van der Waals surface area contributed by atoms with Crippen LogP contribution in [0.1, 0.15) is 12.5 Å². The van der Waals surface area contributed by atoms with Gasteiger partial charge in [-0.05, 0) is 18.6 Å². The van der Waals surface area contributed by atoms with Gasteiger partial charge in [-0.25, -0.2) is 4.98 Å². The highest BCUT2D eigenvalue weighted by molar-refractivity contribution is 5.87. The van der Waals surface area contributed by atoms with Crippen molar-refractivity contribution < 1.29 is 0 Å². The second kappa shape index (κ2) is 2.48. The summed E-state index contributed by atoms with van der Waals surface area (Å²) < 4.78 is 0. The molecule has 0 aliphatic carbocycles. The van der Waals surface area contributed by atoms with Crippen molar-refractivity contribution in [2.75, 3.05) is 0 Å². The van der Waals surface area contributed by atoms with E-state index in [1.54, 1.807) is 6.33 Å². The standard InChI is InChI=1S/C10H10N2/c1-7(2)8-4-3-5-9-10(8)12-6-11-9/h3-6H,1H2,2H3,(H,11,12). The molecule has 1 aromatic heterocycles. The van der Waals surface area contributed by atoms with E-state index in [0.717, 1.165) is 22.2 Å². The molecular formula is C10H10N2. The fourth-order valence-electron chi connectivity index (χ4n) is 1.31. The van der Waals surface area contributed by atoms with Crippen LogP contribution in [0.2, 0.25) is 0 Å². The Kier molecular flexibility index (Phi) is 1.47. The zero-order valence-corrected chi connectivity index (χ0v) is 6.96. The Labute approximate surface area is 70.9 Å². The molecular weight excluding hydrogens is 148 g/mol. The summed E-state index contributed by atoms with van der Waals surface area (Å²) in [6.07, 6.45) is 1.71. The molecule has 12 heavy (non-hydrogen) atoms. The van der Waals surface area contributed by atoms with Crippen LogP contribution in [-0.4, -0.2) is 9.97 Å². The molecule has 2 aromatic rings. The zero-order chi connectivity index (χ0) is 8.55. The maximum absolute atomic E-state index is 4.22. The van der Waals surface area contributed by atoms with Crippen molar-refractivity contribution in [1.82, 2.24) is 9.97 Å². The third kappa shape index (κ3) is 0.925. The minimum atomic E-state index is 1.00. The normalized spacial score (nSPS) is 10.4. The summed E-state index contributed by atoms with van der Waals surface area (Å²) in [7, 11) is 0. The molecule has 0 bridgehead atoms. The van der Waals surface area contributed by atoms with Gasteiger partial charge >= 0.3 is 0 Å². The summed E-state index contributed by atoms with van der Waals surface area (Å²) in [5, 5.41) is 0. The molecule has 2 heteroatoms. The number of benzene rings is 1. The number of aromatic nitrogens is 2. The summed E-state index contributed by atoms with van der Waals surface area (Å²) >= 11 is 0. The summed E-state index contributed by atoms with van der Waals surface area (Å²) in [5.41, 5.74) is 4.24. The Balaban J connectivity index is 2.82. The van der Waals surface area contributed by atoms with Gasteiger partial charge in [-0.1, -0.05) is 18.7 Å². The lowest BCUT2D eigenvalue weighted by Crippen LogP contribution is -1.80. The van der Waals surface area contributed by atoms with E-state index in [0.29, 0.717) is 0 Å². The molecule has 0 saturated carbocycles. The highest BCUT2D eigenvalue weighted by Crippen LogP contribution is 2.20. The number of H-pyrrole nitrogens is 1. The van der Waals surface area contributed by atoms with E-state index in [1.807, 2.05) is 25.1 Å². The number of allylic oxidation sites excluding steroid dienone is 1. The quantitative estimate of drug-likeness (QED) is 0.679. The van der Waals surface area contributed by atoms with Crippen molar-refractivity contribution in [2.24, 2.45) is 0 Å². The maximum Gasteiger partial charge on any atom is 0.0957 e. The van der Waals surface area contributed by atoms with Crippen molar-refractivity contribution in [2.45, 2.75) is 6.92 Å². The van der Waals surface area contributed by atoms with Gasteiger partial charge in [-0.2, -0.15) is 0 Å². The van der Waals surface area contributed by atoms with Gasteiger partial charge in [0.2, 0.25) is 0 Å². The second-order valence-corrected chi connectivity index (χ2v) is 2.88. The topological polar surface area (TPSA) is 28.7 Å². The van der Waals surface area contributed by atoms with Crippen LogP contribution in [0, 0.1) is 0 Å². The van der Waals surface area contributed by atoms with Crippen LogP contribution < -0.4 is 0 Å². The van der Waals surface area contributed by atoms with Gasteiger partial charge in [0.25, 0.3) is 0 Å². The Morgan fingerprint density at radius 3 is 3.08 bits per heavy atom.